The van der Waals surface area contributed by atoms with Gasteiger partial charge in [-0.3, -0.25) is 9.59 Å². The third-order valence-electron chi connectivity index (χ3n) is 3.76. The van der Waals surface area contributed by atoms with Gasteiger partial charge < -0.3 is 28.7 Å². The van der Waals surface area contributed by atoms with Crippen molar-refractivity contribution in [3.63, 3.8) is 0 Å². The van der Waals surface area contributed by atoms with Gasteiger partial charge in [-0.1, -0.05) is 0 Å². The highest BCUT2D eigenvalue weighted by Gasteiger charge is 2.25. The van der Waals surface area contributed by atoms with Gasteiger partial charge in [-0.05, 0) is 38.5 Å². The number of methoxy groups -OCH3 is 3. The molecule has 0 saturated carbocycles. The predicted octanol–water partition coefficient (Wildman–Crippen LogP) is 2.07. The summed E-state index contributed by atoms with van der Waals surface area (Å²) in [5.74, 6) is 0.0880. The summed E-state index contributed by atoms with van der Waals surface area (Å²) in [6.07, 6.45) is -0.632. The molecule has 0 radical (unpaired) electrons. The molecule has 9 nitrogen and oxygen atoms in total. The topological polar surface area (TPSA) is 94.6 Å². The lowest BCUT2D eigenvalue weighted by molar-refractivity contribution is -0.147. The fraction of sp³-hybridized carbons (Fsp3) is 0.550. The molecule has 0 aliphatic carbocycles. The first-order valence-electron chi connectivity index (χ1n) is 8.99. The van der Waals surface area contributed by atoms with E-state index in [0.717, 1.165) is 4.90 Å². The second-order valence-corrected chi connectivity index (χ2v) is 7.38. The minimum absolute atomic E-state index is 0.101. The van der Waals surface area contributed by atoms with E-state index in [1.807, 2.05) is 0 Å². The van der Waals surface area contributed by atoms with E-state index in [4.69, 9.17) is 14.2 Å². The van der Waals surface area contributed by atoms with Crippen LogP contribution in [-0.4, -0.2) is 74.8 Å². The molecular formula is C20H30N2O7. The Morgan fingerprint density at radius 2 is 1.48 bits per heavy atom. The highest BCUT2D eigenvalue weighted by molar-refractivity contribution is 5.85. The average Bonchev–Trinajstić information content (AvgIpc) is 2.65. The predicted molar refractivity (Wildman–Crippen MR) is 106 cm³/mol. The molecule has 0 N–H and O–H groups in total. The first-order valence-corrected chi connectivity index (χ1v) is 8.99. The molecule has 0 heterocycles. The van der Waals surface area contributed by atoms with Crippen molar-refractivity contribution in [1.29, 1.82) is 0 Å². The van der Waals surface area contributed by atoms with Gasteiger partial charge in [-0.25, -0.2) is 4.79 Å². The number of hydrogen-bond donors (Lipinski definition) is 0. The van der Waals surface area contributed by atoms with Gasteiger partial charge in [0.05, 0.1) is 21.3 Å². The number of benzene rings is 1. The maximum Gasteiger partial charge on any atom is 0.410 e. The van der Waals surface area contributed by atoms with Crippen LogP contribution < -0.4 is 9.47 Å². The lowest BCUT2D eigenvalue weighted by atomic mass is 10.2. The molecule has 9 heteroatoms. The van der Waals surface area contributed by atoms with Crippen LogP contribution in [0.4, 0.5) is 4.79 Å². The van der Waals surface area contributed by atoms with Crippen molar-refractivity contribution in [2.75, 3.05) is 41.5 Å². The number of carbonyl (C=O) groups is 3. The minimum atomic E-state index is -0.683. The Balaban J connectivity index is 2.99. The number of ether oxygens (including phenoxy) is 4. The standard InChI is InChI=1S/C20H30N2O7/c1-20(2,3)29-19(25)21(4)12-17(23)22(13-18(24)28-7)11-14-8-15(26-5)10-16(9-14)27-6/h8-10H,11-13H2,1-7H3. The fourth-order valence-corrected chi connectivity index (χ4v) is 2.34. The van der Waals surface area contributed by atoms with Gasteiger partial charge in [0.15, 0.2) is 0 Å². The summed E-state index contributed by atoms with van der Waals surface area (Å²) in [7, 11) is 5.74. The normalized spacial score (nSPS) is 10.7. The van der Waals surface area contributed by atoms with Crippen LogP contribution in [0.5, 0.6) is 11.5 Å². The molecule has 0 unspecified atom stereocenters. The van der Waals surface area contributed by atoms with Crippen LogP contribution in [0.15, 0.2) is 18.2 Å². The van der Waals surface area contributed by atoms with E-state index in [-0.39, 0.29) is 19.6 Å². The van der Waals surface area contributed by atoms with E-state index in [1.165, 1.54) is 33.3 Å². The number of likely N-dealkylation sites (N-methyl/N-ethyl adjacent to an activating group) is 1. The number of nitrogens with zero attached hydrogens (tertiary/aromatic N) is 2. The first-order chi connectivity index (χ1) is 13.5. The zero-order valence-corrected chi connectivity index (χ0v) is 18.1. The van der Waals surface area contributed by atoms with Crippen molar-refractivity contribution in [3.8, 4) is 11.5 Å². The minimum Gasteiger partial charge on any atom is -0.497 e. The van der Waals surface area contributed by atoms with Gasteiger partial charge in [0.25, 0.3) is 0 Å². The molecular weight excluding hydrogens is 380 g/mol. The zero-order valence-electron chi connectivity index (χ0n) is 18.1. The van der Waals surface area contributed by atoms with Crippen LogP contribution in [0.3, 0.4) is 0 Å². The summed E-state index contributed by atoms with van der Waals surface area (Å²) in [5.41, 5.74) is 0.00965. The second kappa shape index (κ2) is 10.5. The molecule has 0 aromatic heterocycles. The van der Waals surface area contributed by atoms with Gasteiger partial charge in [0.2, 0.25) is 5.91 Å². The number of esters is 1. The molecule has 0 atom stereocenters. The molecule has 1 aromatic carbocycles. The molecule has 0 bridgehead atoms. The molecule has 0 spiro atoms. The molecule has 1 aromatic rings. The SMILES string of the molecule is COC(=O)CN(Cc1cc(OC)cc(OC)c1)C(=O)CN(C)C(=O)OC(C)(C)C. The summed E-state index contributed by atoms with van der Waals surface area (Å²) in [6.45, 7) is 4.79. The van der Waals surface area contributed by atoms with Crippen molar-refractivity contribution in [2.24, 2.45) is 0 Å². The first kappa shape index (κ1) is 24.1. The van der Waals surface area contributed by atoms with Crippen LogP contribution in [0.2, 0.25) is 0 Å². The fourth-order valence-electron chi connectivity index (χ4n) is 2.34. The Morgan fingerprint density at radius 3 is 1.93 bits per heavy atom. The molecule has 0 aliphatic heterocycles. The van der Waals surface area contributed by atoms with Crippen LogP contribution in [0.25, 0.3) is 0 Å². The molecule has 1 rings (SSSR count). The zero-order chi connectivity index (χ0) is 22.2. The summed E-state index contributed by atoms with van der Waals surface area (Å²) in [6, 6.07) is 5.17. The van der Waals surface area contributed by atoms with E-state index in [1.54, 1.807) is 39.0 Å². The van der Waals surface area contributed by atoms with Gasteiger partial charge in [0.1, 0.15) is 30.2 Å². The Hall–Kier alpha value is -2.97. The largest absolute Gasteiger partial charge is 0.497 e. The van der Waals surface area contributed by atoms with Gasteiger partial charge >= 0.3 is 12.1 Å². The monoisotopic (exact) mass is 410 g/mol. The Bertz CT molecular complexity index is 706. The third kappa shape index (κ3) is 8.28. The highest BCUT2D eigenvalue weighted by Crippen LogP contribution is 2.23. The van der Waals surface area contributed by atoms with Gasteiger partial charge in [-0.15, -0.1) is 0 Å². The maximum absolute atomic E-state index is 12.8. The molecule has 0 aliphatic rings. The summed E-state index contributed by atoms with van der Waals surface area (Å²) in [4.78, 5) is 39.2. The van der Waals surface area contributed by atoms with E-state index in [9.17, 15) is 14.4 Å². The van der Waals surface area contributed by atoms with E-state index >= 15 is 0 Å². The van der Waals surface area contributed by atoms with Crippen molar-refractivity contribution in [2.45, 2.75) is 32.9 Å². The molecule has 29 heavy (non-hydrogen) atoms. The van der Waals surface area contributed by atoms with Crippen molar-refractivity contribution in [3.05, 3.63) is 23.8 Å². The van der Waals surface area contributed by atoms with E-state index in [0.29, 0.717) is 17.1 Å². The third-order valence-corrected chi connectivity index (χ3v) is 3.76. The van der Waals surface area contributed by atoms with Crippen LogP contribution in [0, 0.1) is 0 Å². The van der Waals surface area contributed by atoms with Crippen LogP contribution in [-0.2, 0) is 25.6 Å². The van der Waals surface area contributed by atoms with Crippen LogP contribution >= 0.6 is 0 Å². The number of rotatable bonds is 8. The number of amides is 2. The van der Waals surface area contributed by atoms with Crippen molar-refractivity contribution in [1.82, 2.24) is 9.80 Å². The van der Waals surface area contributed by atoms with Gasteiger partial charge in [0, 0.05) is 19.7 Å². The van der Waals surface area contributed by atoms with Crippen molar-refractivity contribution < 1.29 is 33.3 Å². The Morgan fingerprint density at radius 1 is 0.931 bits per heavy atom. The molecule has 2 amide bonds. The second-order valence-electron chi connectivity index (χ2n) is 7.38. The molecule has 0 saturated heterocycles. The number of hydrogen-bond acceptors (Lipinski definition) is 7. The quantitative estimate of drug-likeness (QED) is 0.606. The van der Waals surface area contributed by atoms with Gasteiger partial charge in [-0.2, -0.15) is 0 Å². The van der Waals surface area contributed by atoms with Crippen molar-refractivity contribution >= 4 is 18.0 Å². The summed E-state index contributed by atoms with van der Waals surface area (Å²) >= 11 is 0. The Kier molecular flexibility index (Phi) is 8.75. The summed E-state index contributed by atoms with van der Waals surface area (Å²) in [5, 5.41) is 0. The highest BCUT2D eigenvalue weighted by atomic mass is 16.6. The smallest absolute Gasteiger partial charge is 0.410 e. The average molecular weight is 410 g/mol. The lowest BCUT2D eigenvalue weighted by Crippen LogP contribution is -2.44. The lowest BCUT2D eigenvalue weighted by Gasteiger charge is -2.27. The number of carbonyl (C=O) groups excluding carboxylic acids is 3. The Labute approximate surface area is 171 Å². The summed E-state index contributed by atoms with van der Waals surface area (Å²) < 4.78 is 20.4. The van der Waals surface area contributed by atoms with Crippen LogP contribution in [0.1, 0.15) is 26.3 Å². The van der Waals surface area contributed by atoms with E-state index in [2.05, 4.69) is 4.74 Å². The maximum atomic E-state index is 12.8. The molecule has 162 valence electrons. The molecule has 0 fully saturated rings. The van der Waals surface area contributed by atoms with E-state index < -0.39 is 23.6 Å².